The van der Waals surface area contributed by atoms with E-state index in [9.17, 15) is 0 Å². The quantitative estimate of drug-likeness (QED) is 0.747. The highest BCUT2D eigenvalue weighted by molar-refractivity contribution is 4.85. The molecule has 0 spiro atoms. The van der Waals surface area contributed by atoms with Crippen LogP contribution in [-0.4, -0.2) is 36.1 Å². The maximum Gasteiger partial charge on any atom is 0.0169 e. The van der Waals surface area contributed by atoms with Crippen molar-refractivity contribution < 1.29 is 0 Å². The van der Waals surface area contributed by atoms with Gasteiger partial charge in [-0.3, -0.25) is 4.90 Å². The molecule has 2 heteroatoms. The lowest BCUT2D eigenvalue weighted by molar-refractivity contribution is 0.0933. The van der Waals surface area contributed by atoms with E-state index in [-0.39, 0.29) is 0 Å². The molecule has 14 heavy (non-hydrogen) atoms. The second-order valence-electron chi connectivity index (χ2n) is 5.14. The second-order valence-corrected chi connectivity index (χ2v) is 5.14. The molecular formula is C12H26N2. The average Bonchev–Trinajstić information content (AvgIpc) is 2.02. The minimum atomic E-state index is 0.645. The Labute approximate surface area is 89.1 Å². The van der Waals surface area contributed by atoms with Gasteiger partial charge in [0.15, 0.2) is 0 Å². The molecule has 0 aromatic rings. The molecule has 1 saturated heterocycles. The number of nitrogens with one attached hydrogen (secondary N) is 1. The largest absolute Gasteiger partial charge is 0.309 e. The molecule has 1 rings (SSSR count). The van der Waals surface area contributed by atoms with Gasteiger partial charge in [-0.1, -0.05) is 20.8 Å². The van der Waals surface area contributed by atoms with Gasteiger partial charge in [0.05, 0.1) is 0 Å². The van der Waals surface area contributed by atoms with Crippen LogP contribution in [-0.2, 0) is 0 Å². The molecule has 3 unspecified atom stereocenters. The molecule has 0 saturated carbocycles. The molecule has 84 valence electrons. The first kappa shape index (κ1) is 12.0. The van der Waals surface area contributed by atoms with Crippen LogP contribution in [0.3, 0.4) is 0 Å². The van der Waals surface area contributed by atoms with E-state index in [0.717, 1.165) is 12.0 Å². The molecule has 0 amide bonds. The van der Waals surface area contributed by atoms with E-state index in [1.807, 2.05) is 0 Å². The number of hydrogen-bond donors (Lipinski definition) is 1. The molecular weight excluding hydrogens is 172 g/mol. The zero-order chi connectivity index (χ0) is 10.7. The van der Waals surface area contributed by atoms with Gasteiger partial charge < -0.3 is 5.32 Å². The Morgan fingerprint density at radius 1 is 1.21 bits per heavy atom. The van der Waals surface area contributed by atoms with Gasteiger partial charge in [0, 0.05) is 31.2 Å². The van der Waals surface area contributed by atoms with Gasteiger partial charge in [0.2, 0.25) is 0 Å². The molecule has 3 atom stereocenters. The predicted octanol–water partition coefficient (Wildman–Crippen LogP) is 2.10. The Morgan fingerprint density at radius 2 is 1.71 bits per heavy atom. The molecule has 2 nitrogen and oxygen atoms in total. The van der Waals surface area contributed by atoms with Gasteiger partial charge in [0.1, 0.15) is 0 Å². The topological polar surface area (TPSA) is 15.3 Å². The van der Waals surface area contributed by atoms with E-state index >= 15 is 0 Å². The fourth-order valence-corrected chi connectivity index (χ4v) is 2.79. The smallest absolute Gasteiger partial charge is 0.0169 e. The molecule has 0 aliphatic carbocycles. The SMILES string of the molecule is CCC(C(C)C)N1CC(C)NC(C)C1. The monoisotopic (exact) mass is 198 g/mol. The van der Waals surface area contributed by atoms with Crippen LogP contribution >= 0.6 is 0 Å². The van der Waals surface area contributed by atoms with E-state index in [0.29, 0.717) is 12.1 Å². The summed E-state index contributed by atoms with van der Waals surface area (Å²) in [7, 11) is 0. The van der Waals surface area contributed by atoms with Crippen molar-refractivity contribution in [2.24, 2.45) is 5.92 Å². The summed E-state index contributed by atoms with van der Waals surface area (Å²) in [6.07, 6.45) is 1.27. The molecule has 0 aromatic carbocycles. The second kappa shape index (κ2) is 5.13. The molecule has 1 aliphatic rings. The van der Waals surface area contributed by atoms with Crippen LogP contribution in [0.1, 0.15) is 41.0 Å². The molecule has 0 radical (unpaired) electrons. The van der Waals surface area contributed by atoms with Gasteiger partial charge in [0.25, 0.3) is 0 Å². The highest BCUT2D eigenvalue weighted by atomic mass is 15.2. The Hall–Kier alpha value is -0.0800. The van der Waals surface area contributed by atoms with Gasteiger partial charge in [-0.25, -0.2) is 0 Å². The number of rotatable bonds is 3. The van der Waals surface area contributed by atoms with E-state index in [2.05, 4.69) is 44.8 Å². The van der Waals surface area contributed by atoms with Crippen LogP contribution in [0.15, 0.2) is 0 Å². The van der Waals surface area contributed by atoms with Crippen LogP contribution in [0.2, 0.25) is 0 Å². The minimum absolute atomic E-state index is 0.645. The average molecular weight is 198 g/mol. The maximum atomic E-state index is 3.59. The zero-order valence-corrected chi connectivity index (χ0v) is 10.4. The summed E-state index contributed by atoms with van der Waals surface area (Å²) in [6, 6.07) is 2.06. The summed E-state index contributed by atoms with van der Waals surface area (Å²) < 4.78 is 0. The lowest BCUT2D eigenvalue weighted by Crippen LogP contribution is -2.57. The number of nitrogens with zero attached hydrogens (tertiary/aromatic N) is 1. The Bertz CT molecular complexity index is 158. The Kier molecular flexibility index (Phi) is 4.39. The molecule has 1 heterocycles. The Balaban J connectivity index is 2.56. The van der Waals surface area contributed by atoms with Crippen LogP contribution in [0, 0.1) is 5.92 Å². The van der Waals surface area contributed by atoms with Crippen molar-refractivity contribution in [3.05, 3.63) is 0 Å². The fraction of sp³-hybridized carbons (Fsp3) is 1.00. The third-order valence-electron chi connectivity index (χ3n) is 3.24. The molecule has 1 aliphatic heterocycles. The van der Waals surface area contributed by atoms with Crippen molar-refractivity contribution in [3.63, 3.8) is 0 Å². The van der Waals surface area contributed by atoms with E-state index < -0.39 is 0 Å². The van der Waals surface area contributed by atoms with Crippen molar-refractivity contribution in [2.75, 3.05) is 13.1 Å². The summed E-state index contributed by atoms with van der Waals surface area (Å²) in [5, 5.41) is 3.59. The first-order valence-corrected chi connectivity index (χ1v) is 6.04. The van der Waals surface area contributed by atoms with Crippen molar-refractivity contribution in [2.45, 2.75) is 59.2 Å². The highest BCUT2D eigenvalue weighted by Gasteiger charge is 2.27. The summed E-state index contributed by atoms with van der Waals surface area (Å²) in [4.78, 5) is 2.66. The van der Waals surface area contributed by atoms with Crippen molar-refractivity contribution in [3.8, 4) is 0 Å². The molecule has 0 bridgehead atoms. The lowest BCUT2D eigenvalue weighted by atomic mass is 9.97. The molecule has 0 aromatic heterocycles. The van der Waals surface area contributed by atoms with E-state index in [4.69, 9.17) is 0 Å². The Morgan fingerprint density at radius 3 is 2.07 bits per heavy atom. The van der Waals surface area contributed by atoms with Crippen LogP contribution < -0.4 is 5.32 Å². The first-order valence-electron chi connectivity index (χ1n) is 6.04. The lowest BCUT2D eigenvalue weighted by Gasteiger charge is -2.42. The van der Waals surface area contributed by atoms with Crippen molar-refractivity contribution >= 4 is 0 Å². The van der Waals surface area contributed by atoms with Crippen LogP contribution in [0.5, 0.6) is 0 Å². The standard InChI is InChI=1S/C12H26N2/c1-6-12(9(2)3)14-7-10(4)13-11(5)8-14/h9-13H,6-8H2,1-5H3. The predicted molar refractivity (Wildman–Crippen MR) is 62.5 cm³/mol. The third-order valence-corrected chi connectivity index (χ3v) is 3.24. The zero-order valence-electron chi connectivity index (χ0n) is 10.4. The molecule has 1 fully saturated rings. The highest BCUT2D eigenvalue weighted by Crippen LogP contribution is 2.17. The van der Waals surface area contributed by atoms with Gasteiger partial charge in [-0.05, 0) is 26.2 Å². The van der Waals surface area contributed by atoms with Crippen molar-refractivity contribution in [1.82, 2.24) is 10.2 Å². The number of hydrogen-bond acceptors (Lipinski definition) is 2. The molecule has 1 N–H and O–H groups in total. The first-order chi connectivity index (χ1) is 6.54. The van der Waals surface area contributed by atoms with Crippen LogP contribution in [0.25, 0.3) is 0 Å². The van der Waals surface area contributed by atoms with Gasteiger partial charge >= 0.3 is 0 Å². The fourth-order valence-electron chi connectivity index (χ4n) is 2.79. The maximum absolute atomic E-state index is 3.59. The van der Waals surface area contributed by atoms with Gasteiger partial charge in [-0.15, -0.1) is 0 Å². The summed E-state index contributed by atoms with van der Waals surface area (Å²) in [6.45, 7) is 14.0. The van der Waals surface area contributed by atoms with Gasteiger partial charge in [-0.2, -0.15) is 0 Å². The normalized spacial score (nSPS) is 32.1. The van der Waals surface area contributed by atoms with Crippen molar-refractivity contribution in [1.29, 1.82) is 0 Å². The van der Waals surface area contributed by atoms with E-state index in [1.165, 1.54) is 19.5 Å². The summed E-state index contributed by atoms with van der Waals surface area (Å²) in [5.74, 6) is 0.775. The minimum Gasteiger partial charge on any atom is -0.309 e. The third kappa shape index (κ3) is 2.96. The van der Waals surface area contributed by atoms with Crippen LogP contribution in [0.4, 0.5) is 0 Å². The van der Waals surface area contributed by atoms with E-state index in [1.54, 1.807) is 0 Å². The summed E-state index contributed by atoms with van der Waals surface area (Å²) >= 11 is 0. The summed E-state index contributed by atoms with van der Waals surface area (Å²) in [5.41, 5.74) is 0. The number of piperazine rings is 1.